The number of carbonyl (C=O) groups is 2. The maximum Gasteiger partial charge on any atom is 0.331 e. The normalized spacial score (nSPS) is 12.1. The summed E-state index contributed by atoms with van der Waals surface area (Å²) in [7, 11) is 0. The number of carbonyl (C=O) groups excluding carboxylic acids is 2. The van der Waals surface area contributed by atoms with Gasteiger partial charge in [0.2, 0.25) is 0 Å². The SMILES string of the molecule is Cc1c(Cl)cccc1NC(=O)C(C)OC(=O)C=Cc1cccc2ccccc12. The minimum atomic E-state index is -0.942. The molecule has 4 nitrogen and oxygen atoms in total. The third kappa shape index (κ3) is 4.59. The Kier molecular flexibility index (Phi) is 6.12. The van der Waals surface area contributed by atoms with Crippen molar-refractivity contribution >= 4 is 46.0 Å². The van der Waals surface area contributed by atoms with Gasteiger partial charge in [-0.05, 0) is 54.0 Å². The molecule has 0 aliphatic heterocycles. The molecular weight excluding hydrogens is 374 g/mol. The van der Waals surface area contributed by atoms with Gasteiger partial charge in [-0.15, -0.1) is 0 Å². The van der Waals surface area contributed by atoms with E-state index in [1.54, 1.807) is 24.3 Å². The van der Waals surface area contributed by atoms with Gasteiger partial charge < -0.3 is 10.1 Å². The van der Waals surface area contributed by atoms with E-state index in [1.165, 1.54) is 13.0 Å². The lowest BCUT2D eigenvalue weighted by Gasteiger charge is -2.14. The third-order valence-corrected chi connectivity index (χ3v) is 4.82. The highest BCUT2D eigenvalue weighted by molar-refractivity contribution is 6.31. The molecule has 0 bridgehead atoms. The van der Waals surface area contributed by atoms with E-state index in [9.17, 15) is 9.59 Å². The Labute approximate surface area is 168 Å². The monoisotopic (exact) mass is 393 g/mol. The smallest absolute Gasteiger partial charge is 0.331 e. The van der Waals surface area contributed by atoms with E-state index < -0.39 is 18.0 Å². The molecule has 1 unspecified atom stereocenters. The molecule has 5 heteroatoms. The molecule has 0 heterocycles. The van der Waals surface area contributed by atoms with Gasteiger partial charge in [-0.2, -0.15) is 0 Å². The number of ether oxygens (including phenoxy) is 1. The van der Waals surface area contributed by atoms with Gasteiger partial charge in [0, 0.05) is 16.8 Å². The summed E-state index contributed by atoms with van der Waals surface area (Å²) in [5.74, 6) is -1.00. The highest BCUT2D eigenvalue weighted by Gasteiger charge is 2.17. The summed E-state index contributed by atoms with van der Waals surface area (Å²) >= 11 is 6.06. The molecule has 0 saturated heterocycles. The average molecular weight is 394 g/mol. The highest BCUT2D eigenvalue weighted by Crippen LogP contribution is 2.23. The van der Waals surface area contributed by atoms with Crippen molar-refractivity contribution in [3.8, 4) is 0 Å². The lowest BCUT2D eigenvalue weighted by atomic mass is 10.0. The molecule has 0 aromatic heterocycles. The standard InChI is InChI=1S/C23H20ClNO3/c1-15-20(24)11-6-12-21(15)25-23(27)16(2)28-22(26)14-13-18-9-5-8-17-7-3-4-10-19(17)18/h3-14,16H,1-2H3,(H,25,27). The first-order valence-electron chi connectivity index (χ1n) is 8.88. The van der Waals surface area contributed by atoms with Crippen LogP contribution >= 0.6 is 11.6 Å². The number of hydrogen-bond acceptors (Lipinski definition) is 3. The third-order valence-electron chi connectivity index (χ3n) is 4.41. The van der Waals surface area contributed by atoms with Crippen LogP contribution in [0.1, 0.15) is 18.1 Å². The zero-order valence-corrected chi connectivity index (χ0v) is 16.4. The van der Waals surface area contributed by atoms with Crippen LogP contribution in [0.2, 0.25) is 5.02 Å². The van der Waals surface area contributed by atoms with E-state index in [4.69, 9.17) is 16.3 Å². The summed E-state index contributed by atoms with van der Waals surface area (Å²) in [5, 5.41) is 5.41. The number of benzene rings is 3. The Morgan fingerprint density at radius 3 is 2.57 bits per heavy atom. The molecule has 3 rings (SSSR count). The summed E-state index contributed by atoms with van der Waals surface area (Å²) in [5.41, 5.74) is 2.25. The maximum atomic E-state index is 12.3. The fourth-order valence-corrected chi connectivity index (χ4v) is 2.97. The molecule has 0 saturated carbocycles. The van der Waals surface area contributed by atoms with E-state index >= 15 is 0 Å². The van der Waals surface area contributed by atoms with Crippen molar-refractivity contribution in [1.29, 1.82) is 0 Å². The van der Waals surface area contributed by atoms with Gasteiger partial charge in [-0.25, -0.2) is 4.79 Å². The van der Waals surface area contributed by atoms with Gasteiger partial charge >= 0.3 is 5.97 Å². The largest absolute Gasteiger partial charge is 0.449 e. The van der Waals surface area contributed by atoms with Crippen LogP contribution in [0.4, 0.5) is 5.69 Å². The van der Waals surface area contributed by atoms with Crippen LogP contribution in [-0.2, 0) is 14.3 Å². The number of esters is 1. The summed E-state index contributed by atoms with van der Waals surface area (Å²) in [4.78, 5) is 24.4. The summed E-state index contributed by atoms with van der Waals surface area (Å²) in [6.45, 7) is 3.33. The van der Waals surface area contributed by atoms with E-state index in [1.807, 2.05) is 49.4 Å². The molecular formula is C23H20ClNO3. The molecule has 1 N–H and O–H groups in total. The van der Waals surface area contributed by atoms with Crippen molar-refractivity contribution in [2.75, 3.05) is 5.32 Å². The Morgan fingerprint density at radius 1 is 1.04 bits per heavy atom. The molecule has 0 aliphatic rings. The average Bonchev–Trinajstić information content (AvgIpc) is 2.69. The predicted molar refractivity (Wildman–Crippen MR) is 113 cm³/mol. The summed E-state index contributed by atoms with van der Waals surface area (Å²) in [6.07, 6.45) is 2.08. The number of halogens is 1. The minimum Gasteiger partial charge on any atom is -0.449 e. The molecule has 0 aliphatic carbocycles. The second-order valence-electron chi connectivity index (χ2n) is 6.38. The van der Waals surface area contributed by atoms with Gasteiger partial charge in [-0.1, -0.05) is 60.1 Å². The number of nitrogens with one attached hydrogen (secondary N) is 1. The van der Waals surface area contributed by atoms with E-state index in [0.29, 0.717) is 10.7 Å². The van der Waals surface area contributed by atoms with Gasteiger partial charge in [-0.3, -0.25) is 4.79 Å². The zero-order valence-electron chi connectivity index (χ0n) is 15.6. The number of amides is 1. The molecule has 3 aromatic carbocycles. The van der Waals surface area contributed by atoms with E-state index in [2.05, 4.69) is 5.32 Å². The van der Waals surface area contributed by atoms with Crippen LogP contribution in [0, 0.1) is 6.92 Å². The number of fused-ring (bicyclic) bond motifs is 1. The van der Waals surface area contributed by atoms with Crippen molar-refractivity contribution in [2.24, 2.45) is 0 Å². The molecule has 1 amide bonds. The van der Waals surface area contributed by atoms with Gasteiger partial charge in [0.05, 0.1) is 0 Å². The second kappa shape index (κ2) is 8.72. The van der Waals surface area contributed by atoms with Crippen molar-refractivity contribution in [1.82, 2.24) is 0 Å². The van der Waals surface area contributed by atoms with Crippen LogP contribution < -0.4 is 5.32 Å². The Balaban J connectivity index is 1.64. The van der Waals surface area contributed by atoms with Crippen molar-refractivity contribution in [3.05, 3.63) is 82.9 Å². The molecule has 142 valence electrons. The van der Waals surface area contributed by atoms with Crippen LogP contribution in [0.5, 0.6) is 0 Å². The summed E-state index contributed by atoms with van der Waals surface area (Å²) in [6, 6.07) is 19.0. The Bertz CT molecular complexity index is 1050. The topological polar surface area (TPSA) is 55.4 Å². The molecule has 0 fully saturated rings. The second-order valence-corrected chi connectivity index (χ2v) is 6.79. The number of hydrogen-bond donors (Lipinski definition) is 1. The lowest BCUT2D eigenvalue weighted by molar-refractivity contribution is -0.148. The first-order chi connectivity index (χ1) is 13.5. The van der Waals surface area contributed by atoms with E-state index in [0.717, 1.165) is 21.9 Å². The maximum absolute atomic E-state index is 12.3. The molecule has 28 heavy (non-hydrogen) atoms. The van der Waals surface area contributed by atoms with Gasteiger partial charge in [0.25, 0.3) is 5.91 Å². The number of rotatable bonds is 5. The van der Waals surface area contributed by atoms with Crippen molar-refractivity contribution in [3.63, 3.8) is 0 Å². The fraction of sp³-hybridized carbons (Fsp3) is 0.130. The predicted octanol–water partition coefficient (Wildman–Crippen LogP) is 5.39. The Morgan fingerprint density at radius 2 is 1.75 bits per heavy atom. The zero-order chi connectivity index (χ0) is 20.1. The van der Waals surface area contributed by atoms with Crippen LogP contribution in [0.3, 0.4) is 0 Å². The van der Waals surface area contributed by atoms with Gasteiger partial charge in [0.1, 0.15) is 0 Å². The minimum absolute atomic E-state index is 0.419. The quantitative estimate of drug-likeness (QED) is 0.467. The van der Waals surface area contributed by atoms with Crippen LogP contribution in [0.15, 0.2) is 66.7 Å². The van der Waals surface area contributed by atoms with Crippen molar-refractivity contribution < 1.29 is 14.3 Å². The van der Waals surface area contributed by atoms with Gasteiger partial charge in [0.15, 0.2) is 6.10 Å². The Hall–Kier alpha value is -3.11. The highest BCUT2D eigenvalue weighted by atomic mass is 35.5. The van der Waals surface area contributed by atoms with E-state index in [-0.39, 0.29) is 0 Å². The molecule has 1 atom stereocenters. The first kappa shape index (κ1) is 19.6. The lowest BCUT2D eigenvalue weighted by Crippen LogP contribution is -2.29. The summed E-state index contributed by atoms with van der Waals surface area (Å²) < 4.78 is 5.22. The van der Waals surface area contributed by atoms with Crippen molar-refractivity contribution in [2.45, 2.75) is 20.0 Å². The molecule has 0 spiro atoms. The van der Waals surface area contributed by atoms with Crippen LogP contribution in [0.25, 0.3) is 16.8 Å². The van der Waals surface area contributed by atoms with Crippen LogP contribution in [-0.4, -0.2) is 18.0 Å². The number of anilines is 1. The first-order valence-corrected chi connectivity index (χ1v) is 9.26. The fourth-order valence-electron chi connectivity index (χ4n) is 2.80. The molecule has 3 aromatic rings. The molecule has 0 radical (unpaired) electrons.